The Bertz CT molecular complexity index is 885. The predicted octanol–water partition coefficient (Wildman–Crippen LogP) is 2.47. The van der Waals surface area contributed by atoms with Crippen molar-refractivity contribution in [1.82, 2.24) is 9.62 Å². The number of methoxy groups -OCH3 is 1. The Labute approximate surface area is 159 Å². The Kier molecular flexibility index (Phi) is 6.92. The molecule has 0 aliphatic carbocycles. The molecule has 2 aromatic rings. The number of carbonyl (C=O) groups is 1. The number of hydrogen-bond donors (Lipinski definition) is 1. The summed E-state index contributed by atoms with van der Waals surface area (Å²) in [6.45, 7) is 1.19. The van der Waals surface area contributed by atoms with E-state index in [1.54, 1.807) is 32.2 Å². The van der Waals surface area contributed by atoms with E-state index in [1.807, 2.05) is 12.1 Å². The summed E-state index contributed by atoms with van der Waals surface area (Å²) in [5.74, 6) is -0.288. The first-order valence-electron chi connectivity index (χ1n) is 8.32. The number of halogens is 1. The van der Waals surface area contributed by atoms with Gasteiger partial charge in [-0.2, -0.15) is 4.31 Å². The molecule has 1 amide bonds. The maximum atomic E-state index is 13.8. The van der Waals surface area contributed by atoms with Crippen molar-refractivity contribution in [2.75, 3.05) is 19.9 Å². The van der Waals surface area contributed by atoms with E-state index in [0.29, 0.717) is 5.75 Å². The third-order valence-corrected chi connectivity index (χ3v) is 5.28. The molecule has 0 aliphatic rings. The van der Waals surface area contributed by atoms with Crippen molar-refractivity contribution in [2.45, 2.75) is 19.5 Å². The van der Waals surface area contributed by atoms with Gasteiger partial charge in [-0.3, -0.25) is 4.79 Å². The first-order valence-corrected chi connectivity index (χ1v) is 10.2. The van der Waals surface area contributed by atoms with Crippen LogP contribution in [0.3, 0.4) is 0 Å². The zero-order valence-electron chi connectivity index (χ0n) is 15.5. The Morgan fingerprint density at radius 3 is 2.37 bits per heavy atom. The monoisotopic (exact) mass is 394 g/mol. The summed E-state index contributed by atoms with van der Waals surface area (Å²) in [7, 11) is -2.13. The molecule has 27 heavy (non-hydrogen) atoms. The lowest BCUT2D eigenvalue weighted by atomic mass is 10.1. The van der Waals surface area contributed by atoms with Crippen LogP contribution in [0.4, 0.5) is 4.39 Å². The van der Waals surface area contributed by atoms with Crippen LogP contribution in [-0.2, 0) is 21.4 Å². The van der Waals surface area contributed by atoms with Crippen LogP contribution >= 0.6 is 0 Å². The minimum Gasteiger partial charge on any atom is -0.497 e. The number of sulfonamides is 1. The van der Waals surface area contributed by atoms with Gasteiger partial charge in [-0.05, 0) is 30.7 Å². The number of nitrogens with one attached hydrogen (secondary N) is 1. The number of nitrogens with zero attached hydrogens (tertiary/aromatic N) is 1. The van der Waals surface area contributed by atoms with Gasteiger partial charge in [-0.1, -0.05) is 30.3 Å². The van der Waals surface area contributed by atoms with Gasteiger partial charge in [0.05, 0.1) is 26.0 Å². The molecular formula is C19H23FN2O4S. The number of benzene rings is 2. The standard InChI is InChI=1S/C19H23FN2O4S/c1-14(15-8-10-17(26-2)11-9-15)21-19(23)13-22(27(3,24)25)12-16-6-4-5-7-18(16)20/h4-11,14H,12-13H2,1-3H3,(H,21,23)/t14-/m1/s1. The van der Waals surface area contributed by atoms with Crippen molar-refractivity contribution in [3.05, 3.63) is 65.5 Å². The minimum atomic E-state index is -3.70. The molecule has 0 fully saturated rings. The number of amides is 1. The highest BCUT2D eigenvalue weighted by atomic mass is 32.2. The number of carbonyl (C=O) groups excluding carboxylic acids is 1. The fourth-order valence-corrected chi connectivity index (χ4v) is 3.26. The maximum Gasteiger partial charge on any atom is 0.235 e. The normalized spacial score (nSPS) is 12.6. The zero-order chi connectivity index (χ0) is 20.0. The molecule has 0 unspecified atom stereocenters. The topological polar surface area (TPSA) is 75.7 Å². The molecule has 0 spiro atoms. The molecule has 0 saturated carbocycles. The van der Waals surface area contributed by atoms with E-state index in [9.17, 15) is 17.6 Å². The van der Waals surface area contributed by atoms with Gasteiger partial charge in [0.25, 0.3) is 0 Å². The van der Waals surface area contributed by atoms with E-state index in [2.05, 4.69) is 5.32 Å². The van der Waals surface area contributed by atoms with E-state index in [4.69, 9.17) is 4.74 Å². The van der Waals surface area contributed by atoms with Crippen molar-refractivity contribution in [3.63, 3.8) is 0 Å². The van der Waals surface area contributed by atoms with Gasteiger partial charge in [0.15, 0.2) is 0 Å². The minimum absolute atomic E-state index is 0.207. The van der Waals surface area contributed by atoms with Crippen LogP contribution in [0.25, 0.3) is 0 Å². The van der Waals surface area contributed by atoms with Crippen LogP contribution in [0.15, 0.2) is 48.5 Å². The number of ether oxygens (including phenoxy) is 1. The Hall–Kier alpha value is -2.45. The second kappa shape index (κ2) is 8.96. The van der Waals surface area contributed by atoms with Crippen molar-refractivity contribution in [3.8, 4) is 5.75 Å². The van der Waals surface area contributed by atoms with Gasteiger partial charge in [0.1, 0.15) is 11.6 Å². The second-order valence-electron chi connectivity index (χ2n) is 6.18. The lowest BCUT2D eigenvalue weighted by Gasteiger charge is -2.21. The van der Waals surface area contributed by atoms with Gasteiger partial charge < -0.3 is 10.1 Å². The summed E-state index contributed by atoms with van der Waals surface area (Å²) >= 11 is 0. The van der Waals surface area contributed by atoms with E-state index in [0.717, 1.165) is 16.1 Å². The van der Waals surface area contributed by atoms with Gasteiger partial charge in [0.2, 0.25) is 15.9 Å². The molecule has 0 saturated heterocycles. The van der Waals surface area contributed by atoms with Gasteiger partial charge >= 0.3 is 0 Å². The molecule has 6 nitrogen and oxygen atoms in total. The summed E-state index contributed by atoms with van der Waals surface area (Å²) in [6.07, 6.45) is 0.994. The fourth-order valence-electron chi connectivity index (χ4n) is 2.53. The quantitative estimate of drug-likeness (QED) is 0.746. The molecule has 0 aliphatic heterocycles. The molecule has 8 heteroatoms. The summed E-state index contributed by atoms with van der Waals surface area (Å²) in [4.78, 5) is 12.3. The number of rotatable bonds is 8. The highest BCUT2D eigenvalue weighted by Crippen LogP contribution is 2.17. The smallest absolute Gasteiger partial charge is 0.235 e. The third kappa shape index (κ3) is 6.04. The molecule has 0 bridgehead atoms. The Balaban J connectivity index is 2.06. The largest absolute Gasteiger partial charge is 0.497 e. The van der Waals surface area contributed by atoms with Crippen LogP contribution < -0.4 is 10.1 Å². The molecule has 1 N–H and O–H groups in total. The third-order valence-electron chi connectivity index (χ3n) is 4.09. The molecule has 0 aromatic heterocycles. The van der Waals surface area contributed by atoms with Gasteiger partial charge in [0, 0.05) is 12.1 Å². The average molecular weight is 394 g/mol. The summed E-state index contributed by atoms with van der Waals surface area (Å²) < 4.78 is 43.9. The molecular weight excluding hydrogens is 371 g/mol. The average Bonchev–Trinajstić information content (AvgIpc) is 2.62. The molecule has 1 atom stereocenters. The highest BCUT2D eigenvalue weighted by Gasteiger charge is 2.22. The van der Waals surface area contributed by atoms with Gasteiger partial charge in [-0.25, -0.2) is 12.8 Å². The zero-order valence-corrected chi connectivity index (χ0v) is 16.3. The fraction of sp³-hybridized carbons (Fsp3) is 0.316. The van der Waals surface area contributed by atoms with Crippen molar-refractivity contribution >= 4 is 15.9 Å². The van der Waals surface area contributed by atoms with Crippen LogP contribution in [0, 0.1) is 5.82 Å². The lowest BCUT2D eigenvalue weighted by Crippen LogP contribution is -2.40. The van der Waals surface area contributed by atoms with Crippen LogP contribution in [-0.4, -0.2) is 38.5 Å². The first-order chi connectivity index (χ1) is 12.7. The second-order valence-corrected chi connectivity index (χ2v) is 8.17. The van der Waals surface area contributed by atoms with Crippen LogP contribution in [0.1, 0.15) is 24.1 Å². The summed E-state index contributed by atoms with van der Waals surface area (Å²) in [5.41, 5.74) is 1.06. The van der Waals surface area contributed by atoms with E-state index in [1.165, 1.54) is 18.2 Å². The van der Waals surface area contributed by atoms with E-state index in [-0.39, 0.29) is 18.2 Å². The first kappa shape index (κ1) is 20.9. The van der Waals surface area contributed by atoms with Crippen molar-refractivity contribution < 1.29 is 22.3 Å². The molecule has 0 radical (unpaired) electrons. The Morgan fingerprint density at radius 1 is 1.19 bits per heavy atom. The summed E-state index contributed by atoms with van der Waals surface area (Å²) in [5, 5.41) is 2.76. The predicted molar refractivity (Wildman–Crippen MR) is 101 cm³/mol. The van der Waals surface area contributed by atoms with Crippen LogP contribution in [0.2, 0.25) is 0 Å². The van der Waals surface area contributed by atoms with E-state index < -0.39 is 28.3 Å². The van der Waals surface area contributed by atoms with Crippen LogP contribution in [0.5, 0.6) is 5.75 Å². The van der Waals surface area contributed by atoms with Crippen molar-refractivity contribution in [1.29, 1.82) is 0 Å². The lowest BCUT2D eigenvalue weighted by molar-refractivity contribution is -0.122. The van der Waals surface area contributed by atoms with Gasteiger partial charge in [-0.15, -0.1) is 0 Å². The molecule has 146 valence electrons. The highest BCUT2D eigenvalue weighted by molar-refractivity contribution is 7.88. The molecule has 2 aromatic carbocycles. The van der Waals surface area contributed by atoms with E-state index >= 15 is 0 Å². The molecule has 2 rings (SSSR count). The Morgan fingerprint density at radius 2 is 1.81 bits per heavy atom. The molecule has 0 heterocycles. The van der Waals surface area contributed by atoms with Crippen molar-refractivity contribution in [2.24, 2.45) is 0 Å². The SMILES string of the molecule is COc1ccc([C@@H](C)NC(=O)CN(Cc2ccccc2F)S(C)(=O)=O)cc1. The number of hydrogen-bond acceptors (Lipinski definition) is 4. The summed E-state index contributed by atoms with van der Waals surface area (Å²) in [6, 6.07) is 12.7. The maximum absolute atomic E-state index is 13.8.